The summed E-state index contributed by atoms with van der Waals surface area (Å²) < 4.78 is 0. The maximum absolute atomic E-state index is 12.1. The Morgan fingerprint density at radius 3 is 2.11 bits per heavy atom. The second kappa shape index (κ2) is 6.55. The van der Waals surface area contributed by atoms with Crippen molar-refractivity contribution < 1.29 is 4.79 Å². The molecule has 0 aromatic rings. The zero-order valence-corrected chi connectivity index (χ0v) is 12.5. The summed E-state index contributed by atoms with van der Waals surface area (Å²) in [5.74, 6) is 0.628. The molecule has 3 heteroatoms. The average Bonchev–Trinajstić information content (AvgIpc) is 2.55. The Morgan fingerprint density at radius 1 is 1.17 bits per heavy atom. The van der Waals surface area contributed by atoms with Gasteiger partial charge in [0.25, 0.3) is 0 Å². The SMILES string of the molecule is C[C@H](NC(=O)C(N)C(C)(C)C)C1CCCCCC1. The Labute approximate surface area is 112 Å². The summed E-state index contributed by atoms with van der Waals surface area (Å²) in [6.45, 7) is 8.15. The van der Waals surface area contributed by atoms with Crippen LogP contribution in [0.5, 0.6) is 0 Å². The molecule has 0 bridgehead atoms. The molecule has 3 nitrogen and oxygen atoms in total. The van der Waals surface area contributed by atoms with Crippen molar-refractivity contribution in [2.45, 2.75) is 78.3 Å². The van der Waals surface area contributed by atoms with Gasteiger partial charge >= 0.3 is 0 Å². The molecule has 3 N–H and O–H groups in total. The second-order valence-electron chi connectivity index (χ2n) is 6.89. The molecule has 1 aliphatic carbocycles. The Kier molecular flexibility index (Phi) is 5.64. The third-order valence-corrected chi connectivity index (χ3v) is 4.19. The Morgan fingerprint density at radius 2 is 1.67 bits per heavy atom. The van der Waals surface area contributed by atoms with E-state index < -0.39 is 6.04 Å². The predicted molar refractivity (Wildman–Crippen MR) is 76.2 cm³/mol. The van der Waals surface area contributed by atoms with Gasteiger partial charge in [0.15, 0.2) is 0 Å². The van der Waals surface area contributed by atoms with Gasteiger partial charge in [-0.3, -0.25) is 4.79 Å². The van der Waals surface area contributed by atoms with E-state index in [0.29, 0.717) is 5.92 Å². The fraction of sp³-hybridized carbons (Fsp3) is 0.933. The molecule has 1 unspecified atom stereocenters. The van der Waals surface area contributed by atoms with Crippen LogP contribution in [0.3, 0.4) is 0 Å². The van der Waals surface area contributed by atoms with Crippen LogP contribution in [-0.2, 0) is 4.79 Å². The molecule has 0 aromatic carbocycles. The summed E-state index contributed by atoms with van der Waals surface area (Å²) in [5, 5.41) is 3.12. The van der Waals surface area contributed by atoms with E-state index in [1.54, 1.807) is 0 Å². The van der Waals surface area contributed by atoms with Crippen molar-refractivity contribution in [2.75, 3.05) is 0 Å². The number of nitrogens with two attached hydrogens (primary N) is 1. The lowest BCUT2D eigenvalue weighted by atomic mass is 9.86. The van der Waals surface area contributed by atoms with Gasteiger partial charge < -0.3 is 11.1 Å². The predicted octanol–water partition coefficient (Wildman–Crippen LogP) is 2.83. The zero-order chi connectivity index (χ0) is 13.8. The van der Waals surface area contributed by atoms with Crippen molar-refractivity contribution in [1.82, 2.24) is 5.32 Å². The van der Waals surface area contributed by atoms with Gasteiger partial charge in [0.2, 0.25) is 5.91 Å². The standard InChI is InChI=1S/C15H30N2O/c1-11(12-9-7-5-6-8-10-12)17-14(18)13(16)15(2,3)4/h11-13H,5-10,16H2,1-4H3,(H,17,18)/t11-,13?/m0/s1. The third kappa shape index (κ3) is 4.60. The number of rotatable bonds is 3. The van der Waals surface area contributed by atoms with E-state index in [2.05, 4.69) is 12.2 Å². The monoisotopic (exact) mass is 254 g/mol. The van der Waals surface area contributed by atoms with E-state index in [0.717, 1.165) is 0 Å². The zero-order valence-electron chi connectivity index (χ0n) is 12.5. The molecule has 1 saturated carbocycles. The largest absolute Gasteiger partial charge is 0.352 e. The number of nitrogens with one attached hydrogen (secondary N) is 1. The van der Waals surface area contributed by atoms with Crippen LogP contribution in [0, 0.1) is 11.3 Å². The molecule has 0 heterocycles. The molecule has 1 fully saturated rings. The van der Waals surface area contributed by atoms with Gasteiger partial charge in [0, 0.05) is 6.04 Å². The van der Waals surface area contributed by atoms with Crippen LogP contribution in [0.4, 0.5) is 0 Å². The number of hydrogen-bond donors (Lipinski definition) is 2. The van der Waals surface area contributed by atoms with E-state index in [1.165, 1.54) is 38.5 Å². The van der Waals surface area contributed by atoms with E-state index in [1.807, 2.05) is 20.8 Å². The minimum Gasteiger partial charge on any atom is -0.352 e. The summed E-state index contributed by atoms with van der Waals surface area (Å²) in [6, 6.07) is -0.172. The van der Waals surface area contributed by atoms with Crippen molar-refractivity contribution >= 4 is 5.91 Å². The van der Waals surface area contributed by atoms with Gasteiger partial charge in [-0.25, -0.2) is 0 Å². The van der Waals surface area contributed by atoms with Gasteiger partial charge in [-0.1, -0.05) is 46.5 Å². The summed E-state index contributed by atoms with van der Waals surface area (Å²) in [7, 11) is 0. The van der Waals surface area contributed by atoms with Crippen molar-refractivity contribution in [3.63, 3.8) is 0 Å². The first-order valence-electron chi connectivity index (χ1n) is 7.38. The Hall–Kier alpha value is -0.570. The highest BCUT2D eigenvalue weighted by Gasteiger charge is 2.29. The second-order valence-corrected chi connectivity index (χ2v) is 6.89. The molecule has 1 rings (SSSR count). The van der Waals surface area contributed by atoms with Gasteiger partial charge in [0.05, 0.1) is 6.04 Å². The van der Waals surface area contributed by atoms with E-state index in [4.69, 9.17) is 5.73 Å². The number of hydrogen-bond acceptors (Lipinski definition) is 2. The van der Waals surface area contributed by atoms with Crippen LogP contribution < -0.4 is 11.1 Å². The average molecular weight is 254 g/mol. The van der Waals surface area contributed by atoms with Crippen LogP contribution in [0.15, 0.2) is 0 Å². The molecule has 18 heavy (non-hydrogen) atoms. The van der Waals surface area contributed by atoms with Crippen molar-refractivity contribution in [3.05, 3.63) is 0 Å². The maximum atomic E-state index is 12.1. The van der Waals surface area contributed by atoms with E-state index in [9.17, 15) is 4.79 Å². The Bertz CT molecular complexity index is 262. The lowest BCUT2D eigenvalue weighted by molar-refractivity contribution is -0.125. The molecular weight excluding hydrogens is 224 g/mol. The molecule has 0 radical (unpaired) electrons. The van der Waals surface area contributed by atoms with Gasteiger partial charge in [-0.2, -0.15) is 0 Å². The summed E-state index contributed by atoms with van der Waals surface area (Å²) in [5.41, 5.74) is 5.82. The fourth-order valence-electron chi connectivity index (χ4n) is 2.64. The molecule has 106 valence electrons. The van der Waals surface area contributed by atoms with Crippen LogP contribution in [0.25, 0.3) is 0 Å². The fourth-order valence-corrected chi connectivity index (χ4v) is 2.64. The highest BCUT2D eigenvalue weighted by molar-refractivity contribution is 5.82. The first-order chi connectivity index (χ1) is 8.32. The summed E-state index contributed by atoms with van der Waals surface area (Å²) in [6.07, 6.45) is 7.78. The van der Waals surface area contributed by atoms with E-state index in [-0.39, 0.29) is 17.4 Å². The minimum atomic E-state index is -0.425. The van der Waals surface area contributed by atoms with Crippen molar-refractivity contribution in [3.8, 4) is 0 Å². The molecule has 0 saturated heterocycles. The number of carbonyl (C=O) groups excluding carboxylic acids is 1. The molecule has 1 amide bonds. The highest BCUT2D eigenvalue weighted by atomic mass is 16.2. The maximum Gasteiger partial charge on any atom is 0.237 e. The molecule has 0 aromatic heterocycles. The van der Waals surface area contributed by atoms with Gasteiger partial charge in [-0.15, -0.1) is 0 Å². The van der Waals surface area contributed by atoms with Crippen molar-refractivity contribution in [2.24, 2.45) is 17.1 Å². The first-order valence-corrected chi connectivity index (χ1v) is 7.38. The minimum absolute atomic E-state index is 0.000697. The quantitative estimate of drug-likeness (QED) is 0.761. The molecule has 0 aliphatic heterocycles. The topological polar surface area (TPSA) is 55.1 Å². The summed E-state index contributed by atoms with van der Waals surface area (Å²) in [4.78, 5) is 12.1. The van der Waals surface area contributed by atoms with Crippen LogP contribution in [0.2, 0.25) is 0 Å². The first kappa shape index (κ1) is 15.5. The van der Waals surface area contributed by atoms with Crippen molar-refractivity contribution in [1.29, 1.82) is 0 Å². The van der Waals surface area contributed by atoms with Crippen LogP contribution >= 0.6 is 0 Å². The number of carbonyl (C=O) groups is 1. The van der Waals surface area contributed by atoms with Gasteiger partial charge in [-0.05, 0) is 31.1 Å². The lowest BCUT2D eigenvalue weighted by Gasteiger charge is -2.30. The normalized spacial score (nSPS) is 22.1. The van der Waals surface area contributed by atoms with E-state index >= 15 is 0 Å². The molecule has 1 aliphatic rings. The summed E-state index contributed by atoms with van der Waals surface area (Å²) >= 11 is 0. The van der Waals surface area contributed by atoms with Crippen LogP contribution in [0.1, 0.15) is 66.2 Å². The highest BCUT2D eigenvalue weighted by Crippen LogP contribution is 2.26. The smallest absolute Gasteiger partial charge is 0.237 e. The number of amides is 1. The molecular formula is C15H30N2O. The third-order valence-electron chi connectivity index (χ3n) is 4.19. The molecule has 0 spiro atoms. The van der Waals surface area contributed by atoms with Gasteiger partial charge in [0.1, 0.15) is 0 Å². The van der Waals surface area contributed by atoms with Crippen LogP contribution in [-0.4, -0.2) is 18.0 Å². The lowest BCUT2D eigenvalue weighted by Crippen LogP contribution is -2.52. The Balaban J connectivity index is 2.47. The molecule has 2 atom stereocenters.